The predicted molar refractivity (Wildman–Crippen MR) is 83.2 cm³/mol. The van der Waals surface area contributed by atoms with Crippen LogP contribution in [0.5, 0.6) is 0 Å². The van der Waals surface area contributed by atoms with Crippen LogP contribution in [0.25, 0.3) is 0 Å². The number of aliphatic carboxylic acids is 1. The zero-order valence-corrected chi connectivity index (χ0v) is 13.7. The summed E-state index contributed by atoms with van der Waals surface area (Å²) in [6, 6.07) is 0. The first-order valence-corrected chi connectivity index (χ1v) is 7.63. The molecular formula is C17H26O5. The summed E-state index contributed by atoms with van der Waals surface area (Å²) in [6.07, 6.45) is 5.72. The Kier molecular flexibility index (Phi) is 6.35. The zero-order valence-electron chi connectivity index (χ0n) is 13.7. The Labute approximate surface area is 131 Å². The molecule has 0 saturated heterocycles. The van der Waals surface area contributed by atoms with Gasteiger partial charge in [0.15, 0.2) is 0 Å². The molecule has 0 amide bonds. The van der Waals surface area contributed by atoms with Crippen LogP contribution < -0.4 is 0 Å². The summed E-state index contributed by atoms with van der Waals surface area (Å²) in [5, 5.41) is 19.7. The molecule has 0 spiro atoms. The lowest BCUT2D eigenvalue weighted by Crippen LogP contribution is -2.32. The SMILES string of the molecule is CC(=O)OC1CC(C(=O)O)=CCCC(C)(O)C=CC1C(C)C. The third-order valence-corrected chi connectivity index (χ3v) is 3.93. The first-order valence-electron chi connectivity index (χ1n) is 7.63. The molecule has 1 rings (SSSR count). The Balaban J connectivity index is 3.21. The van der Waals surface area contributed by atoms with Gasteiger partial charge < -0.3 is 14.9 Å². The molecule has 0 aromatic carbocycles. The number of rotatable bonds is 3. The Morgan fingerprint density at radius 2 is 2.05 bits per heavy atom. The summed E-state index contributed by atoms with van der Waals surface area (Å²) in [4.78, 5) is 22.8. The van der Waals surface area contributed by atoms with Gasteiger partial charge in [-0.25, -0.2) is 4.79 Å². The summed E-state index contributed by atoms with van der Waals surface area (Å²) in [7, 11) is 0. The van der Waals surface area contributed by atoms with Gasteiger partial charge in [-0.2, -0.15) is 0 Å². The molecule has 0 bridgehead atoms. The lowest BCUT2D eigenvalue weighted by Gasteiger charge is -2.30. The van der Waals surface area contributed by atoms with E-state index < -0.39 is 23.6 Å². The van der Waals surface area contributed by atoms with E-state index in [1.807, 2.05) is 19.9 Å². The fourth-order valence-electron chi connectivity index (χ4n) is 2.66. The van der Waals surface area contributed by atoms with E-state index in [0.717, 1.165) is 0 Å². The molecule has 2 N–H and O–H groups in total. The summed E-state index contributed by atoms with van der Waals surface area (Å²) in [5.41, 5.74) is -0.784. The Hall–Kier alpha value is -1.62. The molecule has 5 heteroatoms. The number of aliphatic hydroxyl groups is 1. The Morgan fingerprint density at radius 3 is 2.55 bits per heavy atom. The second-order valence-electron chi connectivity index (χ2n) is 6.46. The van der Waals surface area contributed by atoms with Crippen molar-refractivity contribution in [3.63, 3.8) is 0 Å². The average molecular weight is 310 g/mol. The molecule has 3 atom stereocenters. The first-order chi connectivity index (χ1) is 10.1. The van der Waals surface area contributed by atoms with Gasteiger partial charge in [-0.3, -0.25) is 4.79 Å². The highest BCUT2D eigenvalue weighted by Crippen LogP contribution is 2.29. The maximum absolute atomic E-state index is 11.4. The number of carbonyl (C=O) groups is 2. The molecule has 1 aliphatic rings. The largest absolute Gasteiger partial charge is 0.478 e. The third-order valence-electron chi connectivity index (χ3n) is 3.93. The van der Waals surface area contributed by atoms with Crippen LogP contribution in [0.15, 0.2) is 23.8 Å². The predicted octanol–water partition coefficient (Wildman–Crippen LogP) is 2.69. The van der Waals surface area contributed by atoms with Crippen LogP contribution >= 0.6 is 0 Å². The van der Waals surface area contributed by atoms with E-state index in [9.17, 15) is 19.8 Å². The standard InChI is InChI=1S/C17H26O5/c1-11(2)14-7-9-17(4,21)8-5-6-13(16(19)20)10-15(14)22-12(3)18/h6-7,9,11,14-15,21H,5,8,10H2,1-4H3,(H,19,20). The van der Waals surface area contributed by atoms with Crippen LogP contribution in [0.1, 0.15) is 47.0 Å². The van der Waals surface area contributed by atoms with Crippen LogP contribution in [0.3, 0.4) is 0 Å². The minimum atomic E-state index is -1.01. The highest BCUT2D eigenvalue weighted by molar-refractivity contribution is 5.86. The molecule has 0 radical (unpaired) electrons. The minimum Gasteiger partial charge on any atom is -0.478 e. The second kappa shape index (κ2) is 7.58. The molecule has 1 aliphatic carbocycles. The minimum absolute atomic E-state index is 0.144. The van der Waals surface area contributed by atoms with E-state index in [-0.39, 0.29) is 23.8 Å². The van der Waals surface area contributed by atoms with Gasteiger partial charge in [0.2, 0.25) is 0 Å². The Bertz CT molecular complexity index is 473. The van der Waals surface area contributed by atoms with Gasteiger partial charge in [-0.15, -0.1) is 0 Å². The van der Waals surface area contributed by atoms with E-state index in [1.54, 1.807) is 19.1 Å². The molecule has 0 aromatic rings. The number of allylic oxidation sites excluding steroid dienone is 1. The number of ether oxygens (including phenoxy) is 1. The lowest BCUT2D eigenvalue weighted by atomic mass is 9.83. The van der Waals surface area contributed by atoms with Crippen molar-refractivity contribution in [2.75, 3.05) is 0 Å². The molecule has 0 aliphatic heterocycles. The second-order valence-corrected chi connectivity index (χ2v) is 6.46. The first kappa shape index (κ1) is 18.4. The monoisotopic (exact) mass is 310 g/mol. The van der Waals surface area contributed by atoms with Gasteiger partial charge >= 0.3 is 11.9 Å². The summed E-state index contributed by atoms with van der Waals surface area (Å²) in [5.74, 6) is -1.46. The molecule has 22 heavy (non-hydrogen) atoms. The van der Waals surface area contributed by atoms with Gasteiger partial charge in [0, 0.05) is 24.8 Å². The van der Waals surface area contributed by atoms with Gasteiger partial charge in [0.05, 0.1) is 5.60 Å². The normalized spacial score (nSPS) is 29.8. The van der Waals surface area contributed by atoms with E-state index in [2.05, 4.69) is 0 Å². The van der Waals surface area contributed by atoms with Crippen molar-refractivity contribution in [1.29, 1.82) is 0 Å². The number of esters is 1. The molecule has 0 fully saturated rings. The number of hydrogen-bond acceptors (Lipinski definition) is 4. The molecular weight excluding hydrogens is 284 g/mol. The Morgan fingerprint density at radius 1 is 1.41 bits per heavy atom. The molecule has 0 aromatic heterocycles. The smallest absolute Gasteiger partial charge is 0.331 e. The van der Waals surface area contributed by atoms with Crippen molar-refractivity contribution < 1.29 is 24.5 Å². The van der Waals surface area contributed by atoms with Gasteiger partial charge in [0.1, 0.15) is 6.10 Å². The van der Waals surface area contributed by atoms with E-state index in [0.29, 0.717) is 12.8 Å². The topological polar surface area (TPSA) is 83.8 Å². The van der Waals surface area contributed by atoms with E-state index in [4.69, 9.17) is 4.74 Å². The van der Waals surface area contributed by atoms with Crippen LogP contribution in [0.4, 0.5) is 0 Å². The van der Waals surface area contributed by atoms with Crippen molar-refractivity contribution >= 4 is 11.9 Å². The zero-order chi connectivity index (χ0) is 16.9. The van der Waals surface area contributed by atoms with Crippen molar-refractivity contribution in [3.8, 4) is 0 Å². The number of carbonyl (C=O) groups excluding carboxylic acids is 1. The fourth-order valence-corrected chi connectivity index (χ4v) is 2.66. The molecule has 3 unspecified atom stereocenters. The highest BCUT2D eigenvalue weighted by atomic mass is 16.5. The highest BCUT2D eigenvalue weighted by Gasteiger charge is 2.30. The van der Waals surface area contributed by atoms with E-state index in [1.165, 1.54) is 6.92 Å². The van der Waals surface area contributed by atoms with Crippen LogP contribution in [-0.4, -0.2) is 33.9 Å². The number of carboxylic acids is 1. The van der Waals surface area contributed by atoms with Crippen LogP contribution in [-0.2, 0) is 14.3 Å². The lowest BCUT2D eigenvalue weighted by molar-refractivity contribution is -0.149. The summed E-state index contributed by atoms with van der Waals surface area (Å²) in [6.45, 7) is 6.98. The van der Waals surface area contributed by atoms with Crippen molar-refractivity contribution in [3.05, 3.63) is 23.8 Å². The quantitative estimate of drug-likeness (QED) is 0.618. The fraction of sp³-hybridized carbons (Fsp3) is 0.647. The average Bonchev–Trinajstić information content (AvgIpc) is 2.35. The maximum atomic E-state index is 11.4. The number of hydrogen-bond donors (Lipinski definition) is 2. The van der Waals surface area contributed by atoms with Gasteiger partial charge in [-0.05, 0) is 25.7 Å². The molecule has 0 heterocycles. The van der Waals surface area contributed by atoms with Crippen molar-refractivity contribution in [2.24, 2.45) is 11.8 Å². The summed E-state index contributed by atoms with van der Waals surface area (Å²) < 4.78 is 5.37. The number of carboxylic acid groups (broad SMARTS) is 1. The molecule has 5 nitrogen and oxygen atoms in total. The van der Waals surface area contributed by atoms with Gasteiger partial charge in [0.25, 0.3) is 0 Å². The van der Waals surface area contributed by atoms with Crippen molar-refractivity contribution in [1.82, 2.24) is 0 Å². The van der Waals surface area contributed by atoms with Gasteiger partial charge in [-0.1, -0.05) is 32.1 Å². The summed E-state index contributed by atoms with van der Waals surface area (Å²) >= 11 is 0. The molecule has 0 saturated carbocycles. The molecule has 124 valence electrons. The van der Waals surface area contributed by atoms with E-state index >= 15 is 0 Å². The van der Waals surface area contributed by atoms with Crippen LogP contribution in [0.2, 0.25) is 0 Å². The van der Waals surface area contributed by atoms with Crippen LogP contribution in [0, 0.1) is 11.8 Å². The third kappa shape index (κ3) is 5.64. The maximum Gasteiger partial charge on any atom is 0.331 e. The van der Waals surface area contributed by atoms with Crippen molar-refractivity contribution in [2.45, 2.75) is 58.7 Å².